The summed E-state index contributed by atoms with van der Waals surface area (Å²) < 4.78 is 0. The molecule has 0 unspecified atom stereocenters. The minimum atomic E-state index is -0.801. The summed E-state index contributed by atoms with van der Waals surface area (Å²) in [5, 5.41) is 2.96. The summed E-state index contributed by atoms with van der Waals surface area (Å²) >= 11 is 0. The van der Waals surface area contributed by atoms with Gasteiger partial charge >= 0.3 is 6.03 Å². The molecule has 1 aromatic heterocycles. The molecular weight excluding hydrogens is 304 g/mol. The number of carbonyl (C=O) groups excluding carboxylic acids is 2. The first-order chi connectivity index (χ1) is 11.4. The fraction of sp³-hybridized carbons (Fsp3) is 0.611. The SMILES string of the molecule is CC(C)N1C(=O)N[C@@](C)([C@H]2CCCN(Cc3ccccn3)C2)C1=O. The van der Waals surface area contributed by atoms with Crippen LogP contribution in [0.25, 0.3) is 0 Å². The van der Waals surface area contributed by atoms with E-state index < -0.39 is 5.54 Å². The van der Waals surface area contributed by atoms with E-state index in [-0.39, 0.29) is 23.9 Å². The highest BCUT2D eigenvalue weighted by Crippen LogP contribution is 2.33. The summed E-state index contributed by atoms with van der Waals surface area (Å²) in [5.74, 6) is 0.0300. The number of urea groups is 1. The number of rotatable bonds is 4. The molecule has 0 aliphatic carbocycles. The van der Waals surface area contributed by atoms with Crippen molar-refractivity contribution in [1.82, 2.24) is 20.1 Å². The molecule has 2 aliphatic heterocycles. The molecule has 2 saturated heterocycles. The van der Waals surface area contributed by atoms with E-state index in [9.17, 15) is 9.59 Å². The molecule has 6 nitrogen and oxygen atoms in total. The van der Waals surface area contributed by atoms with Crippen molar-refractivity contribution >= 4 is 11.9 Å². The topological polar surface area (TPSA) is 65.5 Å². The van der Waals surface area contributed by atoms with Crippen molar-refractivity contribution in [1.29, 1.82) is 0 Å². The van der Waals surface area contributed by atoms with Crippen molar-refractivity contribution in [3.63, 3.8) is 0 Å². The number of nitrogens with zero attached hydrogens (tertiary/aromatic N) is 3. The maximum absolute atomic E-state index is 12.9. The summed E-state index contributed by atoms with van der Waals surface area (Å²) in [4.78, 5) is 33.2. The molecule has 2 aliphatic rings. The van der Waals surface area contributed by atoms with Crippen LogP contribution in [0.2, 0.25) is 0 Å². The molecule has 0 spiro atoms. The van der Waals surface area contributed by atoms with Crippen molar-refractivity contribution in [2.75, 3.05) is 13.1 Å². The van der Waals surface area contributed by atoms with Gasteiger partial charge in [-0.05, 0) is 52.3 Å². The second kappa shape index (κ2) is 6.51. The molecule has 3 heterocycles. The molecule has 1 aromatic rings. The predicted molar refractivity (Wildman–Crippen MR) is 91.2 cm³/mol. The van der Waals surface area contributed by atoms with Gasteiger partial charge in [-0.2, -0.15) is 0 Å². The molecule has 24 heavy (non-hydrogen) atoms. The maximum Gasteiger partial charge on any atom is 0.325 e. The first kappa shape index (κ1) is 16.9. The zero-order valence-corrected chi connectivity index (χ0v) is 14.7. The lowest BCUT2D eigenvalue weighted by atomic mass is 9.79. The molecule has 0 aromatic carbocycles. The summed E-state index contributed by atoms with van der Waals surface area (Å²) in [6.07, 6.45) is 3.78. The Morgan fingerprint density at radius 1 is 1.38 bits per heavy atom. The van der Waals surface area contributed by atoms with Gasteiger partial charge < -0.3 is 5.32 Å². The van der Waals surface area contributed by atoms with Gasteiger partial charge in [0.1, 0.15) is 5.54 Å². The van der Waals surface area contributed by atoms with Crippen LogP contribution < -0.4 is 5.32 Å². The van der Waals surface area contributed by atoms with E-state index in [2.05, 4.69) is 15.2 Å². The predicted octanol–water partition coefficient (Wildman–Crippen LogP) is 2.01. The van der Waals surface area contributed by atoms with Gasteiger partial charge in [-0.1, -0.05) is 6.07 Å². The number of aromatic nitrogens is 1. The molecule has 0 radical (unpaired) electrons. The van der Waals surface area contributed by atoms with Crippen molar-refractivity contribution in [2.45, 2.75) is 51.7 Å². The average Bonchev–Trinajstić information content (AvgIpc) is 2.79. The first-order valence-electron chi connectivity index (χ1n) is 8.70. The van der Waals surface area contributed by atoms with E-state index in [0.717, 1.165) is 38.2 Å². The molecule has 2 atom stereocenters. The van der Waals surface area contributed by atoms with Crippen LogP contribution in [0.5, 0.6) is 0 Å². The Hall–Kier alpha value is -1.95. The molecule has 130 valence electrons. The van der Waals surface area contributed by atoms with E-state index in [1.54, 1.807) is 6.20 Å². The fourth-order valence-corrected chi connectivity index (χ4v) is 3.82. The van der Waals surface area contributed by atoms with Gasteiger partial charge in [0.25, 0.3) is 5.91 Å². The molecule has 0 saturated carbocycles. The first-order valence-corrected chi connectivity index (χ1v) is 8.70. The molecule has 2 fully saturated rings. The third kappa shape index (κ3) is 3.02. The minimum Gasteiger partial charge on any atom is -0.323 e. The Labute approximate surface area is 143 Å². The highest BCUT2D eigenvalue weighted by Gasteiger charge is 2.53. The molecule has 3 rings (SSSR count). The summed E-state index contributed by atoms with van der Waals surface area (Å²) in [6.45, 7) is 8.20. The average molecular weight is 330 g/mol. The fourth-order valence-electron chi connectivity index (χ4n) is 3.82. The molecular formula is C18H26N4O2. The van der Waals surface area contributed by atoms with Gasteiger partial charge in [0, 0.05) is 31.2 Å². The summed E-state index contributed by atoms with van der Waals surface area (Å²) in [5.41, 5.74) is 0.235. The zero-order chi connectivity index (χ0) is 17.3. The lowest BCUT2D eigenvalue weighted by Crippen LogP contribution is -2.56. The van der Waals surface area contributed by atoms with E-state index in [0.29, 0.717) is 0 Å². The van der Waals surface area contributed by atoms with Gasteiger partial charge in [-0.15, -0.1) is 0 Å². The van der Waals surface area contributed by atoms with Gasteiger partial charge in [0.15, 0.2) is 0 Å². The van der Waals surface area contributed by atoms with Crippen molar-refractivity contribution in [3.8, 4) is 0 Å². The van der Waals surface area contributed by atoms with Crippen LogP contribution in [0.4, 0.5) is 4.79 Å². The second-order valence-electron chi connectivity index (χ2n) is 7.30. The largest absolute Gasteiger partial charge is 0.325 e. The van der Waals surface area contributed by atoms with Crippen LogP contribution in [-0.2, 0) is 11.3 Å². The van der Waals surface area contributed by atoms with Crippen LogP contribution in [0.1, 0.15) is 39.3 Å². The zero-order valence-electron chi connectivity index (χ0n) is 14.7. The molecule has 1 N–H and O–H groups in total. The number of imide groups is 1. The van der Waals surface area contributed by atoms with Crippen LogP contribution in [-0.4, -0.2) is 51.4 Å². The molecule has 6 heteroatoms. The quantitative estimate of drug-likeness (QED) is 0.858. The number of likely N-dealkylation sites (tertiary alicyclic amines) is 1. The van der Waals surface area contributed by atoms with E-state index in [4.69, 9.17) is 0 Å². The van der Waals surface area contributed by atoms with E-state index in [1.165, 1.54) is 4.90 Å². The smallest absolute Gasteiger partial charge is 0.323 e. The number of nitrogens with one attached hydrogen (secondary N) is 1. The van der Waals surface area contributed by atoms with Crippen molar-refractivity contribution < 1.29 is 9.59 Å². The third-order valence-electron chi connectivity index (χ3n) is 5.20. The van der Waals surface area contributed by atoms with E-state index >= 15 is 0 Å². The van der Waals surface area contributed by atoms with Crippen LogP contribution in [0.15, 0.2) is 24.4 Å². The monoisotopic (exact) mass is 330 g/mol. The Balaban J connectivity index is 1.72. The number of piperidine rings is 1. The Kier molecular flexibility index (Phi) is 4.58. The number of pyridine rings is 1. The Morgan fingerprint density at radius 3 is 2.79 bits per heavy atom. The maximum atomic E-state index is 12.9. The molecule has 0 bridgehead atoms. The highest BCUT2D eigenvalue weighted by atomic mass is 16.2. The van der Waals surface area contributed by atoms with Gasteiger partial charge in [0.05, 0.1) is 5.69 Å². The standard InChI is InChI=1S/C18H26N4O2/c1-13(2)22-16(23)18(3,20-17(22)24)14-7-6-10-21(11-14)12-15-8-4-5-9-19-15/h4-5,8-9,13-14H,6-7,10-12H2,1-3H3,(H,20,24)/t14-,18-/m0/s1. The highest BCUT2D eigenvalue weighted by molar-refractivity contribution is 6.07. The summed E-state index contributed by atoms with van der Waals surface area (Å²) in [7, 11) is 0. The number of carbonyl (C=O) groups is 2. The van der Waals surface area contributed by atoms with Gasteiger partial charge in [-0.25, -0.2) is 4.79 Å². The summed E-state index contributed by atoms with van der Waals surface area (Å²) in [6, 6.07) is 5.55. The Bertz CT molecular complexity index is 619. The van der Waals surface area contributed by atoms with Crippen LogP contribution in [0, 0.1) is 5.92 Å². The van der Waals surface area contributed by atoms with Gasteiger partial charge in [-0.3, -0.25) is 19.6 Å². The third-order valence-corrected chi connectivity index (χ3v) is 5.20. The lowest BCUT2D eigenvalue weighted by molar-refractivity contribution is -0.134. The second-order valence-corrected chi connectivity index (χ2v) is 7.30. The number of hydrogen-bond donors (Lipinski definition) is 1. The van der Waals surface area contributed by atoms with Gasteiger partial charge in [0.2, 0.25) is 0 Å². The molecule has 3 amide bonds. The number of amides is 3. The van der Waals surface area contributed by atoms with Crippen LogP contribution >= 0.6 is 0 Å². The van der Waals surface area contributed by atoms with Crippen LogP contribution in [0.3, 0.4) is 0 Å². The normalized spacial score (nSPS) is 28.5. The Morgan fingerprint density at radius 2 is 2.17 bits per heavy atom. The minimum absolute atomic E-state index is 0.0906. The number of hydrogen-bond acceptors (Lipinski definition) is 4. The van der Waals surface area contributed by atoms with Crippen molar-refractivity contribution in [3.05, 3.63) is 30.1 Å². The van der Waals surface area contributed by atoms with E-state index in [1.807, 2.05) is 39.0 Å². The van der Waals surface area contributed by atoms with Crippen molar-refractivity contribution in [2.24, 2.45) is 5.92 Å². The lowest BCUT2D eigenvalue weighted by Gasteiger charge is -2.39.